The zero-order valence-electron chi connectivity index (χ0n) is 16.7. The minimum atomic E-state index is -1.53. The van der Waals surface area contributed by atoms with E-state index in [1.54, 1.807) is 0 Å². The van der Waals surface area contributed by atoms with E-state index in [-0.39, 0.29) is 6.42 Å². The quantitative estimate of drug-likeness (QED) is 0.179. The van der Waals surface area contributed by atoms with E-state index in [1.807, 2.05) is 0 Å². The molecule has 0 aromatic rings. The van der Waals surface area contributed by atoms with Crippen molar-refractivity contribution in [1.29, 1.82) is 0 Å². The molecule has 0 radical (unpaired) electrons. The minimum Gasteiger partial charge on any atom is -0.394 e. The molecule has 0 amide bonds. The van der Waals surface area contributed by atoms with Gasteiger partial charge in [-0.05, 0) is 6.42 Å². The van der Waals surface area contributed by atoms with Crippen molar-refractivity contribution in [3.05, 3.63) is 0 Å². The van der Waals surface area contributed by atoms with Crippen LogP contribution in [0.15, 0.2) is 0 Å². The number of ether oxygens (including phenoxy) is 4. The first-order chi connectivity index (χ1) is 14.6. The molecule has 2 heterocycles. The van der Waals surface area contributed by atoms with E-state index in [2.05, 4.69) is 0 Å². The summed E-state index contributed by atoms with van der Waals surface area (Å²) in [5.74, 6) is 0. The van der Waals surface area contributed by atoms with Gasteiger partial charge in [-0.3, -0.25) is 0 Å². The molecule has 3 fully saturated rings. The second kappa shape index (κ2) is 10.1. The number of hydrogen-bond donors (Lipinski definition) is 10. The molecule has 3 aliphatic rings. The van der Waals surface area contributed by atoms with Crippen LogP contribution in [0.4, 0.5) is 0 Å². The molecule has 0 spiro atoms. The molecule has 31 heavy (non-hydrogen) atoms. The van der Waals surface area contributed by atoms with Gasteiger partial charge >= 0.3 is 0 Å². The van der Waals surface area contributed by atoms with Crippen LogP contribution in [0, 0.1) is 0 Å². The highest BCUT2D eigenvalue weighted by atomic mass is 16.7. The summed E-state index contributed by atoms with van der Waals surface area (Å²) in [4.78, 5) is 0. The fraction of sp³-hybridized carbons (Fsp3) is 1.00. The van der Waals surface area contributed by atoms with Crippen LogP contribution in [-0.4, -0.2) is 135 Å². The lowest BCUT2D eigenvalue weighted by Gasteiger charge is -2.47. The SMILES string of the molecule is NC1CC(N)C(OC2OC(CO)C(O)C(OC3OC(CO)C(O)C3O)C2N)C(O)C1O. The van der Waals surface area contributed by atoms with E-state index in [0.29, 0.717) is 0 Å². The van der Waals surface area contributed by atoms with Gasteiger partial charge in [0.05, 0.1) is 25.4 Å². The lowest BCUT2D eigenvalue weighted by molar-refractivity contribution is -0.317. The summed E-state index contributed by atoms with van der Waals surface area (Å²) in [5, 5.41) is 69.7. The average Bonchev–Trinajstić information content (AvgIpc) is 3.01. The van der Waals surface area contributed by atoms with Crippen LogP contribution >= 0.6 is 0 Å². The molecule has 2 aliphatic heterocycles. The van der Waals surface area contributed by atoms with Crippen LogP contribution in [0.1, 0.15) is 6.42 Å². The summed E-state index contributed by atoms with van der Waals surface area (Å²) in [7, 11) is 0. The van der Waals surface area contributed by atoms with Gasteiger partial charge in [-0.25, -0.2) is 0 Å². The summed E-state index contributed by atoms with van der Waals surface area (Å²) in [6, 6.07) is -2.73. The Hall–Kier alpha value is -0.560. The van der Waals surface area contributed by atoms with Gasteiger partial charge in [-0.2, -0.15) is 0 Å². The van der Waals surface area contributed by atoms with Crippen molar-refractivity contribution >= 4 is 0 Å². The van der Waals surface area contributed by atoms with Crippen molar-refractivity contribution < 1.29 is 54.7 Å². The molecular weight excluding hydrogens is 422 g/mol. The summed E-state index contributed by atoms with van der Waals surface area (Å²) >= 11 is 0. The van der Waals surface area contributed by atoms with Gasteiger partial charge in [-0.1, -0.05) is 0 Å². The average molecular weight is 455 g/mol. The normalized spacial score (nSPS) is 53.6. The summed E-state index contributed by atoms with van der Waals surface area (Å²) in [6.45, 7) is -1.22. The van der Waals surface area contributed by atoms with Crippen molar-refractivity contribution in [2.45, 2.75) is 92.1 Å². The van der Waals surface area contributed by atoms with Crippen LogP contribution in [0.5, 0.6) is 0 Å². The Morgan fingerprint density at radius 2 is 1.19 bits per heavy atom. The highest BCUT2D eigenvalue weighted by molar-refractivity contribution is 5.00. The van der Waals surface area contributed by atoms with Crippen LogP contribution in [0.25, 0.3) is 0 Å². The number of aliphatic hydroxyl groups excluding tert-OH is 7. The number of hydrogen-bond acceptors (Lipinski definition) is 14. The summed E-state index contributed by atoms with van der Waals surface area (Å²) in [5.41, 5.74) is 17.9. The molecule has 0 aromatic carbocycles. The zero-order valence-corrected chi connectivity index (χ0v) is 16.7. The lowest BCUT2D eigenvalue weighted by atomic mass is 9.84. The molecule has 3 rings (SSSR count). The first-order valence-corrected chi connectivity index (χ1v) is 10.1. The zero-order chi connectivity index (χ0) is 23.0. The Balaban J connectivity index is 1.74. The maximum atomic E-state index is 10.5. The molecule has 14 heteroatoms. The molecule has 14 unspecified atom stereocenters. The van der Waals surface area contributed by atoms with Crippen molar-refractivity contribution in [2.75, 3.05) is 13.2 Å². The van der Waals surface area contributed by atoms with Crippen LogP contribution in [-0.2, 0) is 18.9 Å². The van der Waals surface area contributed by atoms with Crippen LogP contribution in [0.3, 0.4) is 0 Å². The summed E-state index contributed by atoms with van der Waals surface area (Å²) < 4.78 is 22.1. The van der Waals surface area contributed by atoms with Gasteiger partial charge in [0.25, 0.3) is 0 Å². The highest BCUT2D eigenvalue weighted by Crippen LogP contribution is 2.31. The third kappa shape index (κ3) is 4.87. The van der Waals surface area contributed by atoms with E-state index >= 15 is 0 Å². The van der Waals surface area contributed by atoms with Crippen molar-refractivity contribution in [3.63, 3.8) is 0 Å². The topological polar surface area (TPSA) is 257 Å². The second-order valence-electron chi connectivity index (χ2n) is 8.25. The monoisotopic (exact) mass is 455 g/mol. The molecule has 1 aliphatic carbocycles. The molecule has 0 bridgehead atoms. The standard InChI is InChI=1S/C17H33N3O11/c18-4-1-5(19)14(12(26)9(4)23)30-16-8(20)15(11(25)7(3-22)28-16)31-17-13(27)10(24)6(2-21)29-17/h4-17,21-27H,1-3,18-20H2. The van der Waals surface area contributed by atoms with E-state index in [4.69, 9.17) is 36.1 Å². The Labute approximate surface area is 178 Å². The predicted molar refractivity (Wildman–Crippen MR) is 99.8 cm³/mol. The number of rotatable bonds is 6. The van der Waals surface area contributed by atoms with Gasteiger partial charge < -0.3 is 71.9 Å². The summed E-state index contributed by atoms with van der Waals surface area (Å²) in [6.07, 6.45) is -14.5. The van der Waals surface area contributed by atoms with Crippen LogP contribution < -0.4 is 17.2 Å². The molecule has 182 valence electrons. The lowest BCUT2D eigenvalue weighted by Crippen LogP contribution is -2.68. The van der Waals surface area contributed by atoms with E-state index in [9.17, 15) is 35.7 Å². The Morgan fingerprint density at radius 3 is 1.77 bits per heavy atom. The maximum absolute atomic E-state index is 10.5. The van der Waals surface area contributed by atoms with Gasteiger partial charge in [0.2, 0.25) is 0 Å². The van der Waals surface area contributed by atoms with Crippen LogP contribution in [0.2, 0.25) is 0 Å². The van der Waals surface area contributed by atoms with Crippen molar-refractivity contribution in [2.24, 2.45) is 17.2 Å². The number of nitrogens with two attached hydrogens (primary N) is 3. The molecule has 0 aromatic heterocycles. The van der Waals surface area contributed by atoms with Gasteiger partial charge in [0, 0.05) is 12.1 Å². The molecular formula is C17H33N3O11. The molecule has 14 atom stereocenters. The molecule has 1 saturated carbocycles. The van der Waals surface area contributed by atoms with Gasteiger partial charge in [-0.15, -0.1) is 0 Å². The van der Waals surface area contributed by atoms with Crippen molar-refractivity contribution in [3.8, 4) is 0 Å². The highest BCUT2D eigenvalue weighted by Gasteiger charge is 2.52. The maximum Gasteiger partial charge on any atom is 0.187 e. The molecule has 14 nitrogen and oxygen atoms in total. The number of aliphatic hydroxyl groups is 7. The van der Waals surface area contributed by atoms with E-state index in [1.165, 1.54) is 0 Å². The third-order valence-electron chi connectivity index (χ3n) is 6.07. The Kier molecular flexibility index (Phi) is 8.21. The predicted octanol–water partition coefficient (Wildman–Crippen LogP) is -6.62. The third-order valence-corrected chi connectivity index (χ3v) is 6.07. The molecule has 2 saturated heterocycles. The molecule has 13 N–H and O–H groups in total. The fourth-order valence-electron chi connectivity index (χ4n) is 4.14. The smallest absolute Gasteiger partial charge is 0.187 e. The van der Waals surface area contributed by atoms with Crippen molar-refractivity contribution in [1.82, 2.24) is 0 Å². The second-order valence-corrected chi connectivity index (χ2v) is 8.25. The van der Waals surface area contributed by atoms with E-state index < -0.39 is 98.9 Å². The van der Waals surface area contributed by atoms with Gasteiger partial charge in [0.1, 0.15) is 48.8 Å². The van der Waals surface area contributed by atoms with Gasteiger partial charge in [0.15, 0.2) is 12.6 Å². The Morgan fingerprint density at radius 1 is 0.645 bits per heavy atom. The van der Waals surface area contributed by atoms with E-state index in [0.717, 1.165) is 0 Å². The first kappa shape index (κ1) is 25.1. The Bertz CT molecular complexity index is 592. The first-order valence-electron chi connectivity index (χ1n) is 10.1. The largest absolute Gasteiger partial charge is 0.394 e. The minimum absolute atomic E-state index is 0.152. The fourth-order valence-corrected chi connectivity index (χ4v) is 4.14.